The molecule has 1 aromatic rings. The van der Waals surface area contributed by atoms with Crippen LogP contribution in [0.1, 0.15) is 18.9 Å². The zero-order chi connectivity index (χ0) is 14.1. The minimum absolute atomic E-state index is 0.0140. The average Bonchev–Trinajstić information content (AvgIpc) is 2.38. The lowest BCUT2D eigenvalue weighted by molar-refractivity contribution is -0.142. The molecule has 0 atom stereocenters. The first-order chi connectivity index (χ1) is 9.03. The van der Waals surface area contributed by atoms with Crippen LogP contribution in [-0.2, 0) is 26.0 Å². The molecule has 0 aromatic carbocycles. The van der Waals surface area contributed by atoms with E-state index >= 15 is 0 Å². The predicted molar refractivity (Wildman–Crippen MR) is 71.0 cm³/mol. The van der Waals surface area contributed by atoms with Gasteiger partial charge in [-0.25, -0.2) is 13.1 Å². The van der Waals surface area contributed by atoms with Crippen molar-refractivity contribution in [1.82, 2.24) is 9.71 Å². The Morgan fingerprint density at radius 3 is 2.68 bits per heavy atom. The lowest BCUT2D eigenvalue weighted by Gasteiger charge is -2.06. The molecule has 0 unspecified atom stereocenters. The third kappa shape index (κ3) is 6.88. The number of aromatic nitrogens is 1. The summed E-state index contributed by atoms with van der Waals surface area (Å²) in [5.74, 6) is -0.417. The summed E-state index contributed by atoms with van der Waals surface area (Å²) in [6, 6.07) is 3.54. The Morgan fingerprint density at radius 1 is 1.37 bits per heavy atom. The quantitative estimate of drug-likeness (QED) is 0.703. The van der Waals surface area contributed by atoms with Gasteiger partial charge in [-0.05, 0) is 31.0 Å². The molecular formula is C12H18N2O4S. The third-order valence-electron chi connectivity index (χ3n) is 2.37. The van der Waals surface area contributed by atoms with Crippen LogP contribution in [-0.4, -0.2) is 38.3 Å². The number of aryl methyl sites for hydroxylation is 1. The molecule has 1 heterocycles. The Labute approximate surface area is 113 Å². The van der Waals surface area contributed by atoms with Gasteiger partial charge in [0.15, 0.2) is 0 Å². The van der Waals surface area contributed by atoms with Gasteiger partial charge in [0.2, 0.25) is 10.0 Å². The number of nitrogens with zero attached hydrogens (tertiary/aromatic N) is 1. The van der Waals surface area contributed by atoms with E-state index in [0.717, 1.165) is 5.56 Å². The normalized spacial score (nSPS) is 11.2. The summed E-state index contributed by atoms with van der Waals surface area (Å²) in [7, 11) is -3.37. The summed E-state index contributed by atoms with van der Waals surface area (Å²) in [6.45, 7) is 2.07. The molecule has 0 saturated carbocycles. The van der Waals surface area contributed by atoms with Crippen molar-refractivity contribution in [3.63, 3.8) is 0 Å². The highest BCUT2D eigenvalue weighted by atomic mass is 32.2. The van der Waals surface area contributed by atoms with E-state index in [1.807, 2.05) is 0 Å². The molecular weight excluding hydrogens is 268 g/mol. The highest BCUT2D eigenvalue weighted by Crippen LogP contribution is 2.00. The van der Waals surface area contributed by atoms with Gasteiger partial charge in [-0.1, -0.05) is 0 Å². The van der Waals surface area contributed by atoms with Crippen molar-refractivity contribution in [2.24, 2.45) is 0 Å². The molecule has 0 fully saturated rings. The minimum Gasteiger partial charge on any atom is -0.466 e. The number of carbonyl (C=O) groups excluding carboxylic acids is 1. The second-order valence-corrected chi connectivity index (χ2v) is 5.80. The maximum Gasteiger partial charge on any atom is 0.307 e. The summed E-state index contributed by atoms with van der Waals surface area (Å²) in [4.78, 5) is 14.9. The van der Waals surface area contributed by atoms with Crippen molar-refractivity contribution in [3.05, 3.63) is 30.1 Å². The number of esters is 1. The highest BCUT2D eigenvalue weighted by Gasteiger charge is 2.11. The van der Waals surface area contributed by atoms with Crippen LogP contribution in [0.4, 0.5) is 0 Å². The van der Waals surface area contributed by atoms with Crippen LogP contribution in [0.25, 0.3) is 0 Å². The van der Waals surface area contributed by atoms with Crippen LogP contribution in [0.5, 0.6) is 0 Å². The summed E-state index contributed by atoms with van der Waals surface area (Å²) >= 11 is 0. The fourth-order valence-corrected chi connectivity index (χ4v) is 2.48. The van der Waals surface area contributed by atoms with Crippen molar-refractivity contribution in [1.29, 1.82) is 0 Å². The van der Waals surface area contributed by atoms with E-state index in [9.17, 15) is 13.2 Å². The van der Waals surface area contributed by atoms with E-state index in [0.29, 0.717) is 13.0 Å². The molecule has 0 amide bonds. The Hall–Kier alpha value is -1.47. The molecule has 106 valence electrons. The van der Waals surface area contributed by atoms with Gasteiger partial charge in [0.1, 0.15) is 0 Å². The van der Waals surface area contributed by atoms with Gasteiger partial charge in [0, 0.05) is 18.9 Å². The predicted octanol–water partition coefficient (Wildman–Crippen LogP) is 0.497. The number of ether oxygens (including phenoxy) is 1. The first kappa shape index (κ1) is 15.6. The molecule has 0 saturated heterocycles. The molecule has 0 aliphatic heterocycles. The van der Waals surface area contributed by atoms with Gasteiger partial charge in [-0.2, -0.15) is 0 Å². The molecule has 0 aliphatic rings. The fourth-order valence-electron chi connectivity index (χ4n) is 1.42. The van der Waals surface area contributed by atoms with Crippen LogP contribution >= 0.6 is 0 Å². The van der Waals surface area contributed by atoms with Crippen molar-refractivity contribution in [2.75, 3.05) is 18.9 Å². The first-order valence-corrected chi connectivity index (χ1v) is 7.70. The highest BCUT2D eigenvalue weighted by molar-refractivity contribution is 7.89. The number of carbonyl (C=O) groups is 1. The standard InChI is InChI=1S/C12H18N2O4S/c1-2-18-12(15)5-9-14-19(16,17)10-6-11-3-7-13-8-4-11/h3-4,7-8,14H,2,5-6,9-10H2,1H3. The smallest absolute Gasteiger partial charge is 0.307 e. The van der Waals surface area contributed by atoms with E-state index in [-0.39, 0.29) is 18.7 Å². The second kappa shape index (κ2) is 7.85. The van der Waals surface area contributed by atoms with Gasteiger partial charge >= 0.3 is 5.97 Å². The van der Waals surface area contributed by atoms with Crippen LogP contribution in [0.2, 0.25) is 0 Å². The average molecular weight is 286 g/mol. The molecule has 0 radical (unpaired) electrons. The molecule has 1 N–H and O–H groups in total. The van der Waals surface area contributed by atoms with Crippen molar-refractivity contribution in [2.45, 2.75) is 19.8 Å². The molecule has 0 bridgehead atoms. The van der Waals surface area contributed by atoms with Gasteiger partial charge < -0.3 is 4.74 Å². The van der Waals surface area contributed by atoms with Crippen LogP contribution in [0.3, 0.4) is 0 Å². The van der Waals surface area contributed by atoms with Crippen LogP contribution in [0, 0.1) is 0 Å². The molecule has 6 nitrogen and oxygen atoms in total. The van der Waals surface area contributed by atoms with E-state index < -0.39 is 16.0 Å². The molecule has 0 aliphatic carbocycles. The van der Waals surface area contributed by atoms with Crippen molar-refractivity contribution >= 4 is 16.0 Å². The largest absolute Gasteiger partial charge is 0.466 e. The van der Waals surface area contributed by atoms with Gasteiger partial charge in [0.05, 0.1) is 18.8 Å². The van der Waals surface area contributed by atoms with Crippen LogP contribution < -0.4 is 4.72 Å². The monoisotopic (exact) mass is 286 g/mol. The van der Waals surface area contributed by atoms with Crippen LogP contribution in [0.15, 0.2) is 24.5 Å². The van der Waals surface area contributed by atoms with Gasteiger partial charge in [-0.15, -0.1) is 0 Å². The Bertz CT molecular complexity index is 488. The Morgan fingerprint density at radius 2 is 2.05 bits per heavy atom. The Balaban J connectivity index is 2.30. The van der Waals surface area contributed by atoms with E-state index in [1.54, 1.807) is 31.5 Å². The van der Waals surface area contributed by atoms with Gasteiger partial charge in [0.25, 0.3) is 0 Å². The summed E-state index contributed by atoms with van der Waals surface area (Å²) in [5.41, 5.74) is 0.908. The third-order valence-corrected chi connectivity index (χ3v) is 3.75. The molecule has 19 heavy (non-hydrogen) atoms. The van der Waals surface area contributed by atoms with Crippen molar-refractivity contribution < 1.29 is 17.9 Å². The topological polar surface area (TPSA) is 85.4 Å². The Kier molecular flexibility index (Phi) is 6.44. The minimum atomic E-state index is -3.37. The molecule has 7 heteroatoms. The molecule has 1 aromatic heterocycles. The lowest BCUT2D eigenvalue weighted by Crippen LogP contribution is -2.29. The second-order valence-electron chi connectivity index (χ2n) is 3.87. The number of hydrogen-bond donors (Lipinski definition) is 1. The number of rotatable bonds is 8. The summed E-state index contributed by atoms with van der Waals surface area (Å²) < 4.78 is 30.4. The first-order valence-electron chi connectivity index (χ1n) is 6.05. The SMILES string of the molecule is CCOC(=O)CCNS(=O)(=O)CCc1ccncc1. The maximum absolute atomic E-state index is 11.7. The summed E-state index contributed by atoms with van der Waals surface area (Å²) in [5, 5.41) is 0. The fraction of sp³-hybridized carbons (Fsp3) is 0.500. The number of sulfonamides is 1. The van der Waals surface area contributed by atoms with Crippen molar-refractivity contribution in [3.8, 4) is 0 Å². The van der Waals surface area contributed by atoms with E-state index in [4.69, 9.17) is 4.74 Å². The number of pyridine rings is 1. The number of hydrogen-bond acceptors (Lipinski definition) is 5. The molecule has 1 rings (SSSR count). The van der Waals surface area contributed by atoms with Gasteiger partial charge in [-0.3, -0.25) is 9.78 Å². The number of nitrogens with one attached hydrogen (secondary N) is 1. The zero-order valence-corrected chi connectivity index (χ0v) is 11.6. The lowest BCUT2D eigenvalue weighted by atomic mass is 10.2. The summed E-state index contributed by atoms with van der Waals surface area (Å²) in [6.07, 6.45) is 3.70. The zero-order valence-electron chi connectivity index (χ0n) is 10.8. The van der Waals surface area contributed by atoms with E-state index in [2.05, 4.69) is 9.71 Å². The van der Waals surface area contributed by atoms with E-state index in [1.165, 1.54) is 0 Å². The molecule has 0 spiro atoms. The maximum atomic E-state index is 11.7.